The second kappa shape index (κ2) is 9.14. The van der Waals surface area contributed by atoms with Crippen LogP contribution in [0.25, 0.3) is 11.0 Å². The predicted molar refractivity (Wildman–Crippen MR) is 108 cm³/mol. The van der Waals surface area contributed by atoms with Gasteiger partial charge in [-0.2, -0.15) is 10.5 Å². The van der Waals surface area contributed by atoms with Gasteiger partial charge >= 0.3 is 5.97 Å². The molecule has 2 unspecified atom stereocenters. The van der Waals surface area contributed by atoms with Gasteiger partial charge in [-0.1, -0.05) is 12.1 Å². The SMILES string of the molecule is COC(=O)C(C(=O)C(=O)Nc1ccccc1C#N)c1nc2ccc([NH+]([O-])O)cc2[nH]c1=O. The van der Waals surface area contributed by atoms with Crippen molar-refractivity contribution in [1.29, 1.82) is 5.26 Å². The zero-order valence-corrected chi connectivity index (χ0v) is 16.4. The Labute approximate surface area is 179 Å². The lowest BCUT2D eigenvalue weighted by Gasteiger charge is -2.14. The van der Waals surface area contributed by atoms with Gasteiger partial charge < -0.3 is 20.2 Å². The minimum atomic E-state index is -1.98. The maximum atomic E-state index is 12.8. The van der Waals surface area contributed by atoms with Crippen molar-refractivity contribution in [1.82, 2.24) is 9.97 Å². The summed E-state index contributed by atoms with van der Waals surface area (Å²) in [5.41, 5.74) is -1.42. The van der Waals surface area contributed by atoms with E-state index in [1.54, 1.807) is 6.07 Å². The molecule has 3 rings (SSSR count). The molecule has 0 spiro atoms. The van der Waals surface area contributed by atoms with E-state index in [0.717, 1.165) is 13.2 Å². The van der Waals surface area contributed by atoms with Gasteiger partial charge in [0.25, 0.3) is 11.5 Å². The van der Waals surface area contributed by atoms with Crippen LogP contribution in [0, 0.1) is 16.5 Å². The van der Waals surface area contributed by atoms with Crippen molar-refractivity contribution >= 4 is 40.1 Å². The van der Waals surface area contributed by atoms with Gasteiger partial charge in [0.1, 0.15) is 11.8 Å². The fourth-order valence-corrected chi connectivity index (χ4v) is 2.89. The molecular formula is C20H15N5O7. The molecule has 162 valence electrons. The third-order valence-electron chi connectivity index (χ3n) is 4.46. The highest BCUT2D eigenvalue weighted by Gasteiger charge is 2.38. The van der Waals surface area contributed by atoms with Crippen LogP contribution in [0.2, 0.25) is 0 Å². The lowest BCUT2D eigenvalue weighted by atomic mass is 9.99. The first-order valence-electron chi connectivity index (χ1n) is 8.96. The van der Waals surface area contributed by atoms with Crippen LogP contribution in [0.1, 0.15) is 17.2 Å². The van der Waals surface area contributed by atoms with Gasteiger partial charge in [0.05, 0.1) is 29.4 Å². The van der Waals surface area contributed by atoms with E-state index in [-0.39, 0.29) is 28.0 Å². The minimum Gasteiger partial charge on any atom is -0.595 e. The number of esters is 1. The number of benzene rings is 2. The fraction of sp³-hybridized carbons (Fsp3) is 0.100. The van der Waals surface area contributed by atoms with Crippen LogP contribution in [0.4, 0.5) is 11.4 Å². The van der Waals surface area contributed by atoms with Gasteiger partial charge in [0.15, 0.2) is 11.6 Å². The van der Waals surface area contributed by atoms with Gasteiger partial charge in [0, 0.05) is 12.1 Å². The van der Waals surface area contributed by atoms with Crippen LogP contribution in [-0.2, 0) is 19.1 Å². The Hall–Kier alpha value is -4.44. The van der Waals surface area contributed by atoms with Crippen molar-refractivity contribution in [3.63, 3.8) is 0 Å². The molecular weight excluding hydrogens is 422 g/mol. The molecule has 2 atom stereocenters. The molecule has 0 saturated heterocycles. The average molecular weight is 437 g/mol. The number of nitrogens with one attached hydrogen (secondary N) is 3. The van der Waals surface area contributed by atoms with E-state index in [0.29, 0.717) is 0 Å². The quantitative estimate of drug-likeness (QED) is 0.173. The largest absolute Gasteiger partial charge is 0.595 e. The number of H-pyrrole nitrogens is 1. The van der Waals surface area contributed by atoms with E-state index in [4.69, 9.17) is 10.5 Å². The molecule has 0 aliphatic heterocycles. The number of para-hydroxylation sites is 1. The van der Waals surface area contributed by atoms with Crippen LogP contribution in [-0.4, -0.2) is 39.9 Å². The Morgan fingerprint density at radius 3 is 2.66 bits per heavy atom. The number of nitrogens with zero attached hydrogens (tertiary/aromatic N) is 2. The van der Waals surface area contributed by atoms with E-state index in [9.17, 15) is 24.4 Å². The van der Waals surface area contributed by atoms with Crippen LogP contribution >= 0.6 is 0 Å². The van der Waals surface area contributed by atoms with Gasteiger partial charge in [-0.3, -0.25) is 19.2 Å². The molecule has 1 aromatic heterocycles. The van der Waals surface area contributed by atoms with E-state index in [2.05, 4.69) is 20.0 Å². The number of quaternary nitrogens is 1. The van der Waals surface area contributed by atoms with Crippen molar-refractivity contribution in [3.8, 4) is 6.07 Å². The fourth-order valence-electron chi connectivity index (χ4n) is 2.89. The number of ketones is 1. The van der Waals surface area contributed by atoms with E-state index in [1.165, 1.54) is 30.3 Å². The van der Waals surface area contributed by atoms with Gasteiger partial charge in [-0.15, -0.1) is 0 Å². The summed E-state index contributed by atoms with van der Waals surface area (Å²) in [5.74, 6) is -5.77. The highest BCUT2D eigenvalue weighted by molar-refractivity contribution is 6.45. The number of fused-ring (bicyclic) bond motifs is 1. The van der Waals surface area contributed by atoms with Crippen LogP contribution in [0.3, 0.4) is 0 Å². The maximum Gasteiger partial charge on any atom is 0.323 e. The number of Topliss-reactive ketones (excluding diaryl/α,β-unsaturated/α-hetero) is 1. The number of rotatable bonds is 6. The Bertz CT molecular complexity index is 1330. The number of methoxy groups -OCH3 is 1. The summed E-state index contributed by atoms with van der Waals surface area (Å²) in [6.45, 7) is 0. The Morgan fingerprint density at radius 2 is 2.00 bits per heavy atom. The molecule has 0 fully saturated rings. The molecule has 3 aromatic rings. The average Bonchev–Trinajstić information content (AvgIpc) is 2.79. The second-order valence-corrected chi connectivity index (χ2v) is 6.42. The van der Waals surface area contributed by atoms with Gasteiger partial charge in [-0.25, -0.2) is 10.2 Å². The lowest BCUT2D eigenvalue weighted by Crippen LogP contribution is -2.99. The number of hydrogen-bond donors (Lipinski definition) is 4. The molecule has 32 heavy (non-hydrogen) atoms. The first-order chi connectivity index (χ1) is 15.3. The third kappa shape index (κ3) is 4.35. The molecule has 4 N–H and O–H groups in total. The summed E-state index contributed by atoms with van der Waals surface area (Å²) in [4.78, 5) is 56.6. The van der Waals surface area contributed by atoms with Crippen molar-refractivity contribution in [2.24, 2.45) is 0 Å². The number of aromatic nitrogens is 2. The number of anilines is 1. The molecule has 0 radical (unpaired) electrons. The smallest absolute Gasteiger partial charge is 0.323 e. The van der Waals surface area contributed by atoms with Crippen LogP contribution in [0.15, 0.2) is 47.3 Å². The summed E-state index contributed by atoms with van der Waals surface area (Å²) in [6.07, 6.45) is 0. The number of aromatic amines is 1. The van der Waals surface area contributed by atoms with E-state index in [1.807, 2.05) is 6.07 Å². The summed E-state index contributed by atoms with van der Waals surface area (Å²) in [7, 11) is 0.972. The molecule has 1 amide bonds. The molecule has 0 bridgehead atoms. The van der Waals surface area contributed by atoms with Crippen LogP contribution < -0.4 is 16.1 Å². The summed E-state index contributed by atoms with van der Waals surface area (Å²) in [5, 5.41) is 30.3. The van der Waals surface area contributed by atoms with Crippen LogP contribution in [0.5, 0.6) is 0 Å². The predicted octanol–water partition coefficient (Wildman–Crippen LogP) is -0.337. The number of amides is 1. The first-order valence-corrected chi connectivity index (χ1v) is 8.96. The number of carbonyl (C=O) groups excluding carboxylic acids is 3. The Morgan fingerprint density at radius 1 is 1.28 bits per heavy atom. The minimum absolute atomic E-state index is 0.0403. The summed E-state index contributed by atoms with van der Waals surface area (Å²) >= 11 is 0. The standard InChI is InChI=1S/C20H15N5O7/c1-32-20(29)15(17(26)19(28)23-12-5-3-2-4-10(12)9-21)16-18(27)24-14-8-11(25(30)31)6-7-13(14)22-16/h2-8,15,25,30H,1H3,(H,23,28)(H,24,27). The maximum absolute atomic E-state index is 12.8. The van der Waals surface area contributed by atoms with Crippen molar-refractivity contribution < 1.29 is 29.6 Å². The number of carbonyl (C=O) groups is 3. The Kier molecular flexibility index (Phi) is 6.36. The molecule has 2 aromatic carbocycles. The van der Waals surface area contributed by atoms with E-state index < -0.39 is 40.1 Å². The van der Waals surface area contributed by atoms with Crippen molar-refractivity contribution in [3.05, 3.63) is 69.3 Å². The van der Waals surface area contributed by atoms with Crippen molar-refractivity contribution in [2.45, 2.75) is 5.92 Å². The topological polar surface area (TPSA) is 190 Å². The highest BCUT2D eigenvalue weighted by Crippen LogP contribution is 2.20. The zero-order valence-electron chi connectivity index (χ0n) is 16.4. The molecule has 0 aliphatic carbocycles. The zero-order chi connectivity index (χ0) is 23.4. The summed E-state index contributed by atoms with van der Waals surface area (Å²) in [6, 6.07) is 11.4. The Balaban J connectivity index is 2.02. The highest BCUT2D eigenvalue weighted by atomic mass is 16.8. The number of hydrogen-bond acceptors (Lipinski definition) is 9. The van der Waals surface area contributed by atoms with Gasteiger partial charge in [-0.05, 0) is 18.2 Å². The normalized spacial score (nSPS) is 12.4. The second-order valence-electron chi connectivity index (χ2n) is 6.42. The summed E-state index contributed by atoms with van der Waals surface area (Å²) < 4.78 is 4.59. The lowest BCUT2D eigenvalue weighted by molar-refractivity contribution is -0.991. The van der Waals surface area contributed by atoms with E-state index >= 15 is 0 Å². The number of ether oxygens (including phenoxy) is 1. The molecule has 1 heterocycles. The molecule has 12 heteroatoms. The number of nitriles is 1. The molecule has 0 saturated carbocycles. The first kappa shape index (κ1) is 22.2. The molecule has 12 nitrogen and oxygen atoms in total. The third-order valence-corrected chi connectivity index (χ3v) is 4.46. The van der Waals surface area contributed by atoms with Crippen molar-refractivity contribution in [2.75, 3.05) is 12.4 Å². The van der Waals surface area contributed by atoms with Gasteiger partial charge in [0.2, 0.25) is 5.78 Å². The molecule has 0 aliphatic rings. The monoisotopic (exact) mass is 437 g/mol.